The van der Waals surface area contributed by atoms with Gasteiger partial charge in [0.15, 0.2) is 0 Å². The standard InChI is InChI=1S/C4H6N6O2/c1-6-3-7-2(5)8-4(9-3)10-11-12-10/h1H3,(H3,5,6,7,8,9). The van der Waals surface area contributed by atoms with E-state index in [1.54, 1.807) is 7.05 Å². The third kappa shape index (κ3) is 1.09. The molecule has 8 nitrogen and oxygen atoms in total. The van der Waals surface area contributed by atoms with Gasteiger partial charge in [0.2, 0.25) is 11.9 Å². The van der Waals surface area contributed by atoms with Gasteiger partial charge < -0.3 is 11.1 Å². The van der Waals surface area contributed by atoms with Crippen molar-refractivity contribution < 1.29 is 9.36 Å². The highest BCUT2D eigenvalue weighted by Crippen LogP contribution is 2.08. The number of nitrogens with zero attached hydrogens (tertiary/aromatic N) is 4. The molecule has 64 valence electrons. The predicted molar refractivity (Wildman–Crippen MR) is 37.6 cm³/mol. The van der Waals surface area contributed by atoms with Gasteiger partial charge in [0, 0.05) is 7.05 Å². The van der Waals surface area contributed by atoms with E-state index >= 15 is 0 Å². The van der Waals surface area contributed by atoms with E-state index in [-0.39, 0.29) is 11.9 Å². The number of nitrogens with two attached hydrogens (primary N) is 1. The smallest absolute Gasteiger partial charge is 0.317 e. The molecule has 2 aromatic rings. The van der Waals surface area contributed by atoms with Crippen LogP contribution in [0.25, 0.3) is 5.95 Å². The molecule has 0 aromatic carbocycles. The summed E-state index contributed by atoms with van der Waals surface area (Å²) in [5.41, 5.74) is 5.36. The molecule has 0 unspecified atom stereocenters. The zero-order valence-electron chi connectivity index (χ0n) is 6.18. The summed E-state index contributed by atoms with van der Waals surface area (Å²) in [4.78, 5) is 12.4. The Labute approximate surface area is 66.2 Å². The maximum absolute atomic E-state index is 5.36. The van der Waals surface area contributed by atoms with Gasteiger partial charge in [0.25, 0.3) is 0 Å². The number of anilines is 2. The van der Waals surface area contributed by atoms with E-state index in [2.05, 4.69) is 29.6 Å². The number of nitrogens with one attached hydrogen (secondary N) is 1. The minimum absolute atomic E-state index is 0.100. The predicted octanol–water partition coefficient (Wildman–Crippen LogP) is -0.528. The largest absolute Gasteiger partial charge is 0.368 e. The summed E-state index contributed by atoms with van der Waals surface area (Å²) in [6, 6.07) is 0. The van der Waals surface area contributed by atoms with Crippen LogP contribution in [0.15, 0.2) is 9.36 Å². The van der Waals surface area contributed by atoms with Crippen molar-refractivity contribution in [1.29, 1.82) is 0 Å². The van der Waals surface area contributed by atoms with E-state index in [9.17, 15) is 0 Å². The fourth-order valence-electron chi connectivity index (χ4n) is 0.657. The van der Waals surface area contributed by atoms with Crippen LogP contribution in [0, 0.1) is 0 Å². The first-order valence-corrected chi connectivity index (χ1v) is 3.14. The fraction of sp³-hybridized carbons (Fsp3) is 0.250. The highest BCUT2D eigenvalue weighted by Gasteiger charge is 2.12. The molecule has 0 spiro atoms. The molecule has 0 radical (unpaired) electrons. The average molecular weight is 170 g/mol. The summed E-state index contributed by atoms with van der Waals surface area (Å²) >= 11 is 0. The lowest BCUT2D eigenvalue weighted by molar-refractivity contribution is 0.264. The van der Waals surface area contributed by atoms with Crippen molar-refractivity contribution in [3.8, 4) is 5.95 Å². The van der Waals surface area contributed by atoms with Crippen LogP contribution < -0.4 is 11.1 Å². The molecule has 0 saturated heterocycles. The maximum atomic E-state index is 5.36. The summed E-state index contributed by atoms with van der Waals surface area (Å²) in [6.07, 6.45) is 0. The van der Waals surface area contributed by atoms with Crippen molar-refractivity contribution in [1.82, 2.24) is 19.9 Å². The van der Waals surface area contributed by atoms with E-state index in [1.165, 1.54) is 0 Å². The van der Waals surface area contributed by atoms with E-state index in [0.717, 1.165) is 4.91 Å². The van der Waals surface area contributed by atoms with Gasteiger partial charge >= 0.3 is 5.95 Å². The highest BCUT2D eigenvalue weighted by molar-refractivity contribution is 5.33. The third-order valence-corrected chi connectivity index (χ3v) is 1.18. The monoisotopic (exact) mass is 170 g/mol. The van der Waals surface area contributed by atoms with E-state index in [1.807, 2.05) is 0 Å². The Morgan fingerprint density at radius 1 is 1.33 bits per heavy atom. The van der Waals surface area contributed by atoms with Crippen LogP contribution in [0.3, 0.4) is 0 Å². The number of nitrogen functional groups attached to an aromatic ring is 1. The Balaban J connectivity index is 2.44. The minimum atomic E-state index is 0.100. The molecule has 0 aliphatic carbocycles. The first-order valence-electron chi connectivity index (χ1n) is 3.14. The zero-order valence-corrected chi connectivity index (χ0v) is 6.18. The van der Waals surface area contributed by atoms with Gasteiger partial charge in [0.1, 0.15) is 0 Å². The molecule has 3 N–H and O–H groups in total. The van der Waals surface area contributed by atoms with Gasteiger partial charge in [-0.3, -0.25) is 0 Å². The average Bonchev–Trinajstić information content (AvgIpc) is 2.85. The number of rotatable bonds is 2. The molecule has 0 bridgehead atoms. The van der Waals surface area contributed by atoms with Crippen LogP contribution in [0.4, 0.5) is 11.9 Å². The number of hydrogen-bond donors (Lipinski definition) is 2. The fourth-order valence-corrected chi connectivity index (χ4v) is 0.657. The zero-order chi connectivity index (χ0) is 8.55. The molecular weight excluding hydrogens is 164 g/mol. The number of hydrogen-bond acceptors (Lipinski definition) is 7. The summed E-state index contributed by atoms with van der Waals surface area (Å²) < 4.78 is 8.69. The summed E-state index contributed by atoms with van der Waals surface area (Å²) in [6.45, 7) is 0. The quantitative estimate of drug-likeness (QED) is 0.583. The molecule has 0 atom stereocenters. The molecule has 2 heterocycles. The number of aromatic nitrogens is 4. The molecule has 0 saturated carbocycles. The van der Waals surface area contributed by atoms with Crippen LogP contribution in [0.1, 0.15) is 0 Å². The molecule has 0 aliphatic heterocycles. The lowest BCUT2D eigenvalue weighted by Crippen LogP contribution is -2.06. The summed E-state index contributed by atoms with van der Waals surface area (Å²) in [5, 5.41) is 2.71. The van der Waals surface area contributed by atoms with Crippen LogP contribution >= 0.6 is 0 Å². The molecular formula is C4H6N6O2. The normalized spacial score (nSPS) is 10.4. The van der Waals surface area contributed by atoms with E-state index in [4.69, 9.17) is 5.73 Å². The van der Waals surface area contributed by atoms with E-state index < -0.39 is 0 Å². The topological polar surface area (TPSA) is 108 Å². The lowest BCUT2D eigenvalue weighted by atomic mass is 10.8. The third-order valence-electron chi connectivity index (χ3n) is 1.18. The Kier molecular flexibility index (Phi) is 1.26. The molecule has 0 fully saturated rings. The van der Waals surface area contributed by atoms with Crippen molar-refractivity contribution in [2.45, 2.75) is 0 Å². The van der Waals surface area contributed by atoms with Crippen LogP contribution in [-0.4, -0.2) is 26.9 Å². The van der Waals surface area contributed by atoms with E-state index in [0.29, 0.717) is 5.95 Å². The van der Waals surface area contributed by atoms with Crippen molar-refractivity contribution in [3.05, 3.63) is 0 Å². The van der Waals surface area contributed by atoms with Crippen molar-refractivity contribution in [3.63, 3.8) is 0 Å². The van der Waals surface area contributed by atoms with Crippen LogP contribution in [-0.2, 0) is 0 Å². The lowest BCUT2D eigenvalue weighted by Gasteiger charge is -1.97. The first-order chi connectivity index (χ1) is 5.79. The van der Waals surface area contributed by atoms with Gasteiger partial charge in [-0.15, -0.1) is 9.36 Å². The second-order valence-corrected chi connectivity index (χ2v) is 1.97. The Bertz CT molecular complexity index is 364. The second-order valence-electron chi connectivity index (χ2n) is 1.97. The molecule has 8 heteroatoms. The Hall–Kier alpha value is -1.99. The van der Waals surface area contributed by atoms with Gasteiger partial charge in [-0.25, -0.2) is 0 Å². The van der Waals surface area contributed by atoms with Crippen molar-refractivity contribution >= 4 is 11.9 Å². The maximum Gasteiger partial charge on any atom is 0.317 e. The van der Waals surface area contributed by atoms with Gasteiger partial charge in [-0.05, 0) is 0 Å². The van der Waals surface area contributed by atoms with Gasteiger partial charge in [-0.1, -0.05) is 0 Å². The Morgan fingerprint density at radius 2 is 2.08 bits per heavy atom. The van der Waals surface area contributed by atoms with Crippen molar-refractivity contribution in [2.75, 3.05) is 18.1 Å². The minimum Gasteiger partial charge on any atom is -0.368 e. The summed E-state index contributed by atoms with van der Waals surface area (Å²) in [5.74, 6) is 0.673. The van der Waals surface area contributed by atoms with Crippen molar-refractivity contribution in [2.24, 2.45) is 0 Å². The first kappa shape index (κ1) is 6.70. The van der Waals surface area contributed by atoms with Gasteiger partial charge in [-0.2, -0.15) is 15.0 Å². The Morgan fingerprint density at radius 3 is 2.67 bits per heavy atom. The van der Waals surface area contributed by atoms with Gasteiger partial charge in [0.05, 0.1) is 4.91 Å². The molecule has 0 amide bonds. The summed E-state index contributed by atoms with van der Waals surface area (Å²) in [7, 11) is 1.67. The molecule has 2 aromatic heterocycles. The van der Waals surface area contributed by atoms with Crippen LogP contribution in [0.5, 0.6) is 0 Å². The second kappa shape index (κ2) is 2.26. The molecule has 12 heavy (non-hydrogen) atoms. The SMILES string of the molecule is CNc1nc(N)nc(-n2oo2)n1. The van der Waals surface area contributed by atoms with Crippen LogP contribution in [0.2, 0.25) is 0 Å². The molecule has 2 rings (SSSR count). The molecule has 0 aliphatic rings. The highest BCUT2D eigenvalue weighted by atomic mass is 17.3.